The van der Waals surface area contributed by atoms with Crippen molar-refractivity contribution in [3.63, 3.8) is 0 Å². The highest BCUT2D eigenvalue weighted by atomic mass is 16.2. The van der Waals surface area contributed by atoms with Crippen LogP contribution in [0.25, 0.3) is 0 Å². The van der Waals surface area contributed by atoms with Gasteiger partial charge in [0.05, 0.1) is 6.04 Å². The van der Waals surface area contributed by atoms with Gasteiger partial charge >= 0.3 is 0 Å². The lowest BCUT2D eigenvalue weighted by molar-refractivity contribution is -0.132. The second-order valence-electron chi connectivity index (χ2n) is 8.24. The van der Waals surface area contributed by atoms with Gasteiger partial charge in [0.15, 0.2) is 0 Å². The molecule has 3 heteroatoms. The number of carbonyl (C=O) groups excluding carboxylic acids is 1. The Kier molecular flexibility index (Phi) is 4.06. The van der Waals surface area contributed by atoms with Gasteiger partial charge in [-0.3, -0.25) is 4.79 Å². The molecule has 4 bridgehead atoms. The van der Waals surface area contributed by atoms with Crippen molar-refractivity contribution in [3.05, 3.63) is 0 Å². The molecule has 0 heterocycles. The normalized spacial score (nSPS) is 40.1. The number of carbonyl (C=O) groups is 1. The number of amides is 1. The van der Waals surface area contributed by atoms with E-state index in [-0.39, 0.29) is 11.9 Å². The molecule has 0 aliphatic heterocycles. The standard InChI is InChI=1S/C18H32N2O/c1-5-20(4)17(21)12(2)19-13(3)18-9-14-6-15(10-18)8-16(7-14)11-18/h12-16,19H,5-11H2,1-4H3. The maximum atomic E-state index is 12.3. The first-order chi connectivity index (χ1) is 9.93. The van der Waals surface area contributed by atoms with Gasteiger partial charge in [-0.05, 0) is 82.5 Å². The van der Waals surface area contributed by atoms with Crippen LogP contribution in [-0.2, 0) is 4.79 Å². The molecule has 4 fully saturated rings. The van der Waals surface area contributed by atoms with Crippen LogP contribution in [-0.4, -0.2) is 36.5 Å². The topological polar surface area (TPSA) is 32.3 Å². The van der Waals surface area contributed by atoms with Gasteiger partial charge in [0.2, 0.25) is 5.91 Å². The third-order valence-electron chi connectivity index (χ3n) is 6.73. The van der Waals surface area contributed by atoms with Crippen molar-refractivity contribution < 1.29 is 4.79 Å². The second-order valence-corrected chi connectivity index (χ2v) is 8.24. The van der Waals surface area contributed by atoms with Gasteiger partial charge < -0.3 is 10.2 Å². The molecule has 4 saturated carbocycles. The molecule has 4 aliphatic carbocycles. The molecule has 2 atom stereocenters. The number of rotatable bonds is 5. The van der Waals surface area contributed by atoms with E-state index >= 15 is 0 Å². The molecule has 4 aliphatic rings. The molecular formula is C18H32N2O. The van der Waals surface area contributed by atoms with Gasteiger partial charge in [-0.15, -0.1) is 0 Å². The van der Waals surface area contributed by atoms with E-state index in [2.05, 4.69) is 12.2 Å². The minimum Gasteiger partial charge on any atom is -0.345 e. The van der Waals surface area contributed by atoms with Crippen LogP contribution < -0.4 is 5.32 Å². The third kappa shape index (κ3) is 2.74. The summed E-state index contributed by atoms with van der Waals surface area (Å²) in [7, 11) is 1.90. The van der Waals surface area contributed by atoms with E-state index in [0.717, 1.165) is 24.3 Å². The number of hydrogen-bond donors (Lipinski definition) is 1. The van der Waals surface area contributed by atoms with Gasteiger partial charge in [0, 0.05) is 19.6 Å². The van der Waals surface area contributed by atoms with E-state index in [1.54, 1.807) is 0 Å². The smallest absolute Gasteiger partial charge is 0.239 e. The molecule has 0 saturated heterocycles. The van der Waals surface area contributed by atoms with Crippen LogP contribution in [0.3, 0.4) is 0 Å². The first kappa shape index (κ1) is 15.3. The summed E-state index contributed by atoms with van der Waals surface area (Å²) in [6.07, 6.45) is 8.66. The van der Waals surface area contributed by atoms with Gasteiger partial charge in [0.1, 0.15) is 0 Å². The molecule has 0 spiro atoms. The predicted molar refractivity (Wildman–Crippen MR) is 86.0 cm³/mol. The van der Waals surface area contributed by atoms with E-state index in [9.17, 15) is 4.79 Å². The molecule has 1 N–H and O–H groups in total. The molecule has 2 unspecified atom stereocenters. The average molecular weight is 292 g/mol. The Labute approximate surface area is 129 Å². The largest absolute Gasteiger partial charge is 0.345 e. The summed E-state index contributed by atoms with van der Waals surface area (Å²) >= 11 is 0. The van der Waals surface area contributed by atoms with Crippen molar-refractivity contribution >= 4 is 5.91 Å². The Bertz CT molecular complexity index is 371. The van der Waals surface area contributed by atoms with Crippen molar-refractivity contribution in [1.29, 1.82) is 0 Å². The van der Waals surface area contributed by atoms with Crippen molar-refractivity contribution in [2.75, 3.05) is 13.6 Å². The highest BCUT2D eigenvalue weighted by Crippen LogP contribution is 2.61. The zero-order valence-corrected chi connectivity index (χ0v) is 14.2. The fraction of sp³-hybridized carbons (Fsp3) is 0.944. The molecule has 120 valence electrons. The highest BCUT2D eigenvalue weighted by Gasteiger charge is 2.53. The first-order valence-corrected chi connectivity index (χ1v) is 8.94. The predicted octanol–water partition coefficient (Wildman–Crippen LogP) is 3.05. The zero-order valence-electron chi connectivity index (χ0n) is 14.2. The summed E-state index contributed by atoms with van der Waals surface area (Å²) in [5, 5.41) is 3.66. The molecule has 0 radical (unpaired) electrons. The zero-order chi connectivity index (χ0) is 15.2. The molecule has 0 aromatic heterocycles. The van der Waals surface area contributed by atoms with Crippen LogP contribution in [0.4, 0.5) is 0 Å². The molecule has 4 rings (SSSR count). The summed E-state index contributed by atoms with van der Waals surface area (Å²) in [5.41, 5.74) is 0.480. The number of likely N-dealkylation sites (N-methyl/N-ethyl adjacent to an activating group) is 1. The van der Waals surface area contributed by atoms with Gasteiger partial charge in [-0.2, -0.15) is 0 Å². The van der Waals surface area contributed by atoms with E-state index in [1.165, 1.54) is 38.5 Å². The monoisotopic (exact) mass is 292 g/mol. The lowest BCUT2D eigenvalue weighted by Gasteiger charge is -2.59. The minimum atomic E-state index is -0.0574. The Morgan fingerprint density at radius 2 is 1.62 bits per heavy atom. The Hall–Kier alpha value is -0.570. The highest BCUT2D eigenvalue weighted by molar-refractivity contribution is 5.81. The number of hydrogen-bond acceptors (Lipinski definition) is 2. The Balaban J connectivity index is 1.65. The molecule has 21 heavy (non-hydrogen) atoms. The SMILES string of the molecule is CCN(C)C(=O)C(C)NC(C)C12CC3CC(CC(C3)C1)C2. The lowest BCUT2D eigenvalue weighted by Crippen LogP contribution is -2.58. The molecule has 1 amide bonds. The fourth-order valence-electron chi connectivity index (χ4n) is 5.82. The van der Waals surface area contributed by atoms with Crippen LogP contribution in [0.5, 0.6) is 0 Å². The number of nitrogens with zero attached hydrogens (tertiary/aromatic N) is 1. The van der Waals surface area contributed by atoms with E-state index in [0.29, 0.717) is 11.5 Å². The van der Waals surface area contributed by atoms with Gasteiger partial charge in [-0.1, -0.05) is 0 Å². The summed E-state index contributed by atoms with van der Waals surface area (Å²) in [4.78, 5) is 14.1. The Morgan fingerprint density at radius 1 is 1.14 bits per heavy atom. The quantitative estimate of drug-likeness (QED) is 0.844. The van der Waals surface area contributed by atoms with Gasteiger partial charge in [0.25, 0.3) is 0 Å². The maximum absolute atomic E-state index is 12.3. The van der Waals surface area contributed by atoms with Crippen LogP contribution >= 0.6 is 0 Å². The molecule has 0 aromatic rings. The molecular weight excluding hydrogens is 260 g/mol. The van der Waals surface area contributed by atoms with Crippen LogP contribution in [0.15, 0.2) is 0 Å². The minimum absolute atomic E-state index is 0.0574. The van der Waals surface area contributed by atoms with Crippen LogP contribution in [0, 0.1) is 23.2 Å². The first-order valence-electron chi connectivity index (χ1n) is 8.94. The Morgan fingerprint density at radius 3 is 2.05 bits per heavy atom. The van der Waals surface area contributed by atoms with E-state index < -0.39 is 0 Å². The summed E-state index contributed by atoms with van der Waals surface area (Å²) in [6.45, 7) is 7.19. The van der Waals surface area contributed by atoms with Crippen molar-refractivity contribution in [2.45, 2.75) is 71.4 Å². The van der Waals surface area contributed by atoms with Crippen LogP contribution in [0.2, 0.25) is 0 Å². The maximum Gasteiger partial charge on any atom is 0.239 e. The van der Waals surface area contributed by atoms with Crippen molar-refractivity contribution in [2.24, 2.45) is 23.2 Å². The fourth-order valence-corrected chi connectivity index (χ4v) is 5.82. The van der Waals surface area contributed by atoms with Crippen LogP contribution in [0.1, 0.15) is 59.3 Å². The van der Waals surface area contributed by atoms with Crippen molar-refractivity contribution in [3.8, 4) is 0 Å². The lowest BCUT2D eigenvalue weighted by atomic mass is 9.48. The number of nitrogens with one attached hydrogen (secondary N) is 1. The average Bonchev–Trinajstić information content (AvgIpc) is 2.44. The molecule has 0 aromatic carbocycles. The van der Waals surface area contributed by atoms with E-state index in [4.69, 9.17) is 0 Å². The second kappa shape index (κ2) is 5.57. The van der Waals surface area contributed by atoms with Gasteiger partial charge in [-0.25, -0.2) is 0 Å². The molecule has 3 nitrogen and oxygen atoms in total. The third-order valence-corrected chi connectivity index (χ3v) is 6.73. The summed E-state index contributed by atoms with van der Waals surface area (Å²) in [6, 6.07) is 0.410. The van der Waals surface area contributed by atoms with E-state index in [1.807, 2.05) is 25.8 Å². The van der Waals surface area contributed by atoms with Crippen molar-refractivity contribution in [1.82, 2.24) is 10.2 Å². The summed E-state index contributed by atoms with van der Waals surface area (Å²) in [5.74, 6) is 3.16. The summed E-state index contributed by atoms with van der Waals surface area (Å²) < 4.78 is 0.